The number of hydrogen-bond acceptors (Lipinski definition) is 9. The molecule has 3 aromatic rings. The summed E-state index contributed by atoms with van der Waals surface area (Å²) in [5, 5.41) is 15.1. The molecule has 190 valence electrons. The molecule has 1 N–H and O–H groups in total. The van der Waals surface area contributed by atoms with Crippen LogP contribution in [-0.4, -0.2) is 59.8 Å². The van der Waals surface area contributed by atoms with Gasteiger partial charge in [0, 0.05) is 24.7 Å². The van der Waals surface area contributed by atoms with E-state index in [2.05, 4.69) is 24.8 Å². The maximum atomic E-state index is 13.3. The average Bonchev–Trinajstić information content (AvgIpc) is 3.20. The molecule has 2 saturated heterocycles. The minimum absolute atomic E-state index is 0.0543. The van der Waals surface area contributed by atoms with Gasteiger partial charge >= 0.3 is 6.18 Å². The van der Waals surface area contributed by atoms with E-state index in [1.54, 1.807) is 0 Å². The summed E-state index contributed by atoms with van der Waals surface area (Å²) in [6, 6.07) is 3.54. The molecule has 0 atom stereocenters. The van der Waals surface area contributed by atoms with Gasteiger partial charge in [-0.2, -0.15) is 23.2 Å². The Balaban J connectivity index is 1.45. The van der Waals surface area contributed by atoms with E-state index in [-0.39, 0.29) is 21.1 Å². The van der Waals surface area contributed by atoms with Gasteiger partial charge in [0.15, 0.2) is 10.8 Å². The first-order chi connectivity index (χ1) is 17.0. The number of nitrogens with one attached hydrogen (secondary N) is 1. The van der Waals surface area contributed by atoms with Crippen molar-refractivity contribution in [1.29, 1.82) is 5.26 Å². The van der Waals surface area contributed by atoms with Gasteiger partial charge in [-0.15, -0.1) is 10.2 Å². The number of fused-ring (bicyclic) bond motifs is 1. The molecule has 3 aliphatic rings. The number of halogens is 3. The highest BCUT2D eigenvalue weighted by Crippen LogP contribution is 2.42. The average molecular weight is 540 g/mol. The molecular weight excluding hydrogens is 519 g/mol. The molecule has 10 nitrogen and oxygen atoms in total. The third-order valence-corrected chi connectivity index (χ3v) is 9.51. The molecule has 0 radical (unpaired) electrons. The Labute approximate surface area is 207 Å². The number of nitriles is 1. The number of rotatable bonds is 5. The molecular formula is C21H20F3N7O3S2. The van der Waals surface area contributed by atoms with Crippen LogP contribution in [0.4, 0.5) is 18.9 Å². The third-order valence-electron chi connectivity index (χ3n) is 7.04. The number of nitrogens with zero attached hydrogens (tertiary/aromatic N) is 6. The second-order valence-corrected chi connectivity index (χ2v) is 12.2. The van der Waals surface area contributed by atoms with Gasteiger partial charge in [-0.05, 0) is 31.7 Å². The lowest BCUT2D eigenvalue weighted by molar-refractivity contribution is -0.138. The zero-order chi connectivity index (χ0) is 25.3. The number of alkyl halides is 3. The lowest BCUT2D eigenvalue weighted by Crippen LogP contribution is -2.51. The van der Waals surface area contributed by atoms with E-state index in [1.165, 1.54) is 22.9 Å². The summed E-state index contributed by atoms with van der Waals surface area (Å²) in [5.41, 5.74) is 0.146. The van der Waals surface area contributed by atoms with Crippen LogP contribution in [0.15, 0.2) is 23.4 Å². The van der Waals surface area contributed by atoms with Gasteiger partial charge in [0.25, 0.3) is 0 Å². The molecule has 0 amide bonds. The van der Waals surface area contributed by atoms with Gasteiger partial charge in [0.05, 0.1) is 36.7 Å². The molecule has 3 aromatic heterocycles. The van der Waals surface area contributed by atoms with Crippen LogP contribution < -0.4 is 9.62 Å². The van der Waals surface area contributed by atoms with Gasteiger partial charge in [0.2, 0.25) is 15.0 Å². The second kappa shape index (κ2) is 7.85. The van der Waals surface area contributed by atoms with Crippen LogP contribution in [0.25, 0.3) is 16.3 Å². The van der Waals surface area contributed by atoms with Crippen molar-refractivity contribution in [2.45, 2.75) is 42.3 Å². The first-order valence-corrected chi connectivity index (χ1v) is 13.5. The van der Waals surface area contributed by atoms with Crippen molar-refractivity contribution in [3.05, 3.63) is 23.5 Å². The summed E-state index contributed by atoms with van der Waals surface area (Å²) >= 11 is 0.335. The maximum absolute atomic E-state index is 13.3. The number of pyridine rings is 1. The van der Waals surface area contributed by atoms with Crippen LogP contribution in [0.2, 0.25) is 0 Å². The Morgan fingerprint density at radius 3 is 2.44 bits per heavy atom. The van der Waals surface area contributed by atoms with Crippen LogP contribution in [0, 0.1) is 16.7 Å². The molecule has 5 heterocycles. The van der Waals surface area contributed by atoms with E-state index in [0.29, 0.717) is 61.7 Å². The topological polar surface area (TPSA) is 126 Å². The van der Waals surface area contributed by atoms with Crippen molar-refractivity contribution in [2.24, 2.45) is 5.41 Å². The van der Waals surface area contributed by atoms with Crippen molar-refractivity contribution in [3.8, 4) is 16.9 Å². The molecule has 0 aromatic carbocycles. The molecule has 1 spiro atoms. The first-order valence-electron chi connectivity index (χ1n) is 11.2. The Kier molecular flexibility index (Phi) is 5.14. The summed E-state index contributed by atoms with van der Waals surface area (Å²) in [6.45, 7) is 2.74. The van der Waals surface area contributed by atoms with Gasteiger partial charge in [-0.25, -0.2) is 13.4 Å². The van der Waals surface area contributed by atoms with Crippen LogP contribution in [0.3, 0.4) is 0 Å². The zero-order valence-corrected chi connectivity index (χ0v) is 20.4. The number of hydrogen-bond donors (Lipinski definition) is 1. The molecule has 0 bridgehead atoms. The Bertz CT molecular complexity index is 1490. The number of aromatic nitrogens is 4. The Hall–Kier alpha value is -2.80. The fraction of sp³-hybridized carbons (Fsp3) is 0.524. The first kappa shape index (κ1) is 23.6. The van der Waals surface area contributed by atoms with Crippen LogP contribution >= 0.6 is 11.3 Å². The van der Waals surface area contributed by atoms with Crippen molar-refractivity contribution >= 4 is 32.6 Å². The van der Waals surface area contributed by atoms with Gasteiger partial charge in [0.1, 0.15) is 10.4 Å². The highest BCUT2D eigenvalue weighted by molar-refractivity contribution is 7.89. The van der Waals surface area contributed by atoms with Gasteiger partial charge in [-0.1, -0.05) is 11.3 Å². The number of anilines is 1. The van der Waals surface area contributed by atoms with E-state index < -0.39 is 26.7 Å². The molecule has 0 unspecified atom stereocenters. The highest BCUT2D eigenvalue weighted by Gasteiger charge is 2.47. The molecule has 1 aliphatic carbocycles. The largest absolute Gasteiger partial charge is 0.445 e. The minimum atomic E-state index is -4.66. The monoisotopic (exact) mass is 539 g/mol. The summed E-state index contributed by atoms with van der Waals surface area (Å²) < 4.78 is 75.3. The van der Waals surface area contributed by atoms with E-state index >= 15 is 0 Å². The number of sulfonamides is 1. The second-order valence-electron chi connectivity index (χ2n) is 9.59. The highest BCUT2D eigenvalue weighted by atomic mass is 32.2. The fourth-order valence-electron chi connectivity index (χ4n) is 4.62. The predicted octanol–water partition coefficient (Wildman–Crippen LogP) is 2.82. The van der Waals surface area contributed by atoms with Gasteiger partial charge in [-0.3, -0.25) is 4.40 Å². The van der Waals surface area contributed by atoms with Crippen LogP contribution in [-0.2, 0) is 20.9 Å². The van der Waals surface area contributed by atoms with E-state index in [4.69, 9.17) is 4.74 Å². The van der Waals surface area contributed by atoms with Crippen LogP contribution in [0.5, 0.6) is 0 Å². The van der Waals surface area contributed by atoms with E-state index in [1.807, 2.05) is 6.07 Å². The number of imidazole rings is 1. The summed E-state index contributed by atoms with van der Waals surface area (Å²) in [5.74, 6) is 0.0543. The predicted molar refractivity (Wildman–Crippen MR) is 122 cm³/mol. The van der Waals surface area contributed by atoms with E-state index in [9.17, 15) is 26.9 Å². The Morgan fingerprint density at radius 1 is 1.17 bits per heavy atom. The third kappa shape index (κ3) is 3.92. The van der Waals surface area contributed by atoms with Crippen molar-refractivity contribution in [3.63, 3.8) is 0 Å². The maximum Gasteiger partial charge on any atom is 0.445 e. The SMILES string of the molecule is N#CC1(NS(=O)(=O)c2cc(N3CCC4(CC3)COC4)c3cnc(-c4nnc(C(F)(F)F)s4)n3c2)CC1. The fourth-order valence-corrected chi connectivity index (χ4v) is 6.72. The lowest BCUT2D eigenvalue weighted by atomic mass is 9.77. The van der Waals surface area contributed by atoms with Crippen LogP contribution in [0.1, 0.15) is 30.7 Å². The van der Waals surface area contributed by atoms with E-state index in [0.717, 1.165) is 12.8 Å². The molecule has 6 rings (SSSR count). The lowest BCUT2D eigenvalue weighted by Gasteiger charge is -2.47. The number of piperidine rings is 1. The Morgan fingerprint density at radius 2 is 1.89 bits per heavy atom. The summed E-state index contributed by atoms with van der Waals surface area (Å²) in [4.78, 5) is 6.23. The summed E-state index contributed by atoms with van der Waals surface area (Å²) in [6.07, 6.45) is 0.716. The number of ether oxygens (including phenoxy) is 1. The van der Waals surface area contributed by atoms with Crippen molar-refractivity contribution < 1.29 is 26.3 Å². The summed E-state index contributed by atoms with van der Waals surface area (Å²) in [7, 11) is -4.11. The molecule has 2 aliphatic heterocycles. The minimum Gasteiger partial charge on any atom is -0.380 e. The zero-order valence-electron chi connectivity index (χ0n) is 18.7. The normalized spacial score (nSPS) is 20.9. The van der Waals surface area contributed by atoms with Crippen molar-refractivity contribution in [1.82, 2.24) is 24.3 Å². The van der Waals surface area contributed by atoms with Gasteiger partial charge < -0.3 is 9.64 Å². The molecule has 15 heteroatoms. The smallest absolute Gasteiger partial charge is 0.380 e. The molecule has 1 saturated carbocycles. The molecule has 3 fully saturated rings. The molecule has 36 heavy (non-hydrogen) atoms. The standard InChI is InChI=1S/C21H20F3N7O3S2/c22-21(23,24)18-28-27-17(35-18)16-26-8-15-14(30-5-3-19(4-6-30)11-34-12-19)7-13(9-31(15)16)36(32,33)29-20(10-25)1-2-20/h7-9,29H,1-6,11-12H2. The quantitative estimate of drug-likeness (QED) is 0.525. The van der Waals surface area contributed by atoms with Crippen molar-refractivity contribution in [2.75, 3.05) is 31.2 Å².